The first-order valence-corrected chi connectivity index (χ1v) is 4.60. The summed E-state index contributed by atoms with van der Waals surface area (Å²) < 4.78 is 0. The molecule has 1 aromatic carbocycles. The van der Waals surface area contributed by atoms with Gasteiger partial charge in [-0.3, -0.25) is 0 Å². The van der Waals surface area contributed by atoms with Gasteiger partial charge < -0.3 is 10.2 Å². The molecule has 3 nitrogen and oxygen atoms in total. The third-order valence-electron chi connectivity index (χ3n) is 0.940. The molecule has 86 valence electrons. The Morgan fingerprint density at radius 3 is 1.60 bits per heavy atom. The Balaban J connectivity index is -0.000000154. The average Bonchev–Trinajstić information content (AvgIpc) is 2.24. The summed E-state index contributed by atoms with van der Waals surface area (Å²) in [5, 5.41) is 21.9. The van der Waals surface area contributed by atoms with Gasteiger partial charge in [-0.15, -0.1) is 0 Å². The summed E-state index contributed by atoms with van der Waals surface area (Å²) in [6.07, 6.45) is 0. The normalized spacial score (nSPS) is 6.20. The molecule has 0 fully saturated rings. The molecular weight excluding hydrogens is 190 g/mol. The second-order valence-electron chi connectivity index (χ2n) is 2.19. The van der Waals surface area contributed by atoms with E-state index < -0.39 is 0 Å². The number of aliphatic hydroxyl groups excluding tert-OH is 2. The molecule has 0 saturated heterocycles. The first-order chi connectivity index (χ1) is 7.22. The fourth-order valence-electron chi connectivity index (χ4n) is 0.534. The van der Waals surface area contributed by atoms with Crippen LogP contribution in [0.2, 0.25) is 0 Å². The van der Waals surface area contributed by atoms with Gasteiger partial charge >= 0.3 is 0 Å². The van der Waals surface area contributed by atoms with Crippen molar-refractivity contribution in [3.8, 4) is 6.07 Å². The quantitative estimate of drug-likeness (QED) is 0.691. The molecule has 0 radical (unpaired) electrons. The molecule has 15 heavy (non-hydrogen) atoms. The van der Waals surface area contributed by atoms with Crippen molar-refractivity contribution in [2.75, 3.05) is 13.7 Å². The molecule has 0 bridgehead atoms. The van der Waals surface area contributed by atoms with Crippen molar-refractivity contribution in [3.63, 3.8) is 0 Å². The minimum atomic E-state index is 0.250. The standard InChI is InChI=1S/C7H8.C2H3N.C2H6O.CH4O/c1-7-5-3-2-4-6-7;2*1-2-3;1-2/h2-6H,1H3;1H3;3H,2H2,1H3;2H,1H3. The van der Waals surface area contributed by atoms with Gasteiger partial charge in [-0.05, 0) is 13.8 Å². The van der Waals surface area contributed by atoms with Gasteiger partial charge in [0.1, 0.15) is 0 Å². The van der Waals surface area contributed by atoms with Gasteiger partial charge in [-0.2, -0.15) is 5.26 Å². The number of hydrogen-bond acceptors (Lipinski definition) is 3. The SMILES string of the molecule is CC#N.CCO.CO.Cc1ccccc1. The average molecular weight is 211 g/mol. The Labute approximate surface area is 92.6 Å². The molecule has 0 spiro atoms. The van der Waals surface area contributed by atoms with Crippen molar-refractivity contribution < 1.29 is 10.2 Å². The van der Waals surface area contributed by atoms with Crippen molar-refractivity contribution >= 4 is 0 Å². The van der Waals surface area contributed by atoms with Crippen LogP contribution in [0.25, 0.3) is 0 Å². The van der Waals surface area contributed by atoms with E-state index in [0.29, 0.717) is 0 Å². The molecule has 1 rings (SSSR count). The molecule has 3 heteroatoms. The fourth-order valence-corrected chi connectivity index (χ4v) is 0.534. The smallest absolute Gasteiger partial charge is 0.0587 e. The van der Waals surface area contributed by atoms with Gasteiger partial charge in [0.2, 0.25) is 0 Å². The van der Waals surface area contributed by atoms with Crippen LogP contribution in [0.5, 0.6) is 0 Å². The first-order valence-electron chi connectivity index (χ1n) is 4.60. The topological polar surface area (TPSA) is 64.2 Å². The highest BCUT2D eigenvalue weighted by atomic mass is 16.2. The maximum Gasteiger partial charge on any atom is 0.0587 e. The lowest BCUT2D eigenvalue weighted by Gasteiger charge is -1.82. The van der Waals surface area contributed by atoms with E-state index in [1.165, 1.54) is 12.5 Å². The number of benzene rings is 1. The molecular formula is C12H21NO2. The highest BCUT2D eigenvalue weighted by molar-refractivity contribution is 5.11. The molecule has 0 aliphatic rings. The molecule has 2 N–H and O–H groups in total. The van der Waals surface area contributed by atoms with E-state index in [9.17, 15) is 0 Å². The number of aliphatic hydroxyl groups is 2. The van der Waals surface area contributed by atoms with Crippen LogP contribution >= 0.6 is 0 Å². The van der Waals surface area contributed by atoms with Crippen LogP contribution in [0, 0.1) is 18.3 Å². The highest BCUT2D eigenvalue weighted by Gasteiger charge is 1.72. The number of aryl methyl sites for hydroxylation is 1. The third kappa shape index (κ3) is 32.5. The van der Waals surface area contributed by atoms with Crippen molar-refractivity contribution in [2.24, 2.45) is 0 Å². The van der Waals surface area contributed by atoms with E-state index in [1.54, 1.807) is 13.0 Å². The number of hydrogen-bond donors (Lipinski definition) is 2. The minimum absolute atomic E-state index is 0.250. The Kier molecular flexibility index (Phi) is 29.4. The lowest BCUT2D eigenvalue weighted by molar-refractivity contribution is 0.318. The number of nitrogens with zero attached hydrogens (tertiary/aromatic N) is 1. The molecule has 0 aromatic heterocycles. The van der Waals surface area contributed by atoms with E-state index in [0.717, 1.165) is 7.11 Å². The molecule has 0 aliphatic heterocycles. The van der Waals surface area contributed by atoms with E-state index in [2.05, 4.69) is 19.1 Å². The van der Waals surface area contributed by atoms with E-state index in [1.807, 2.05) is 18.2 Å². The molecule has 0 heterocycles. The van der Waals surface area contributed by atoms with Gasteiger partial charge in [-0.25, -0.2) is 0 Å². The first kappa shape index (κ1) is 19.2. The summed E-state index contributed by atoms with van der Waals surface area (Å²) in [7, 11) is 1.00. The summed E-state index contributed by atoms with van der Waals surface area (Å²) in [6.45, 7) is 5.44. The highest BCUT2D eigenvalue weighted by Crippen LogP contribution is 1.92. The van der Waals surface area contributed by atoms with Crippen LogP contribution in [0.4, 0.5) is 0 Å². The zero-order valence-corrected chi connectivity index (χ0v) is 9.94. The van der Waals surface area contributed by atoms with Gasteiger partial charge in [0.05, 0.1) is 6.07 Å². The van der Waals surface area contributed by atoms with E-state index in [-0.39, 0.29) is 6.61 Å². The summed E-state index contributed by atoms with van der Waals surface area (Å²) in [4.78, 5) is 0. The second kappa shape index (κ2) is 22.9. The van der Waals surface area contributed by atoms with Crippen molar-refractivity contribution in [1.82, 2.24) is 0 Å². The molecule has 1 aromatic rings. The van der Waals surface area contributed by atoms with Gasteiger partial charge in [-0.1, -0.05) is 35.9 Å². The molecule has 0 atom stereocenters. The van der Waals surface area contributed by atoms with Crippen LogP contribution in [0.1, 0.15) is 19.4 Å². The van der Waals surface area contributed by atoms with Crippen LogP contribution in [-0.2, 0) is 0 Å². The van der Waals surface area contributed by atoms with Crippen molar-refractivity contribution in [3.05, 3.63) is 35.9 Å². The maximum absolute atomic E-state index is 7.57. The predicted octanol–water partition coefficient (Wildman–Crippen LogP) is 2.13. The van der Waals surface area contributed by atoms with Crippen molar-refractivity contribution in [1.29, 1.82) is 5.26 Å². The minimum Gasteiger partial charge on any atom is -0.400 e. The number of nitriles is 1. The molecule has 0 saturated carbocycles. The Morgan fingerprint density at radius 1 is 1.20 bits per heavy atom. The Bertz CT molecular complexity index is 217. The second-order valence-corrected chi connectivity index (χ2v) is 2.19. The lowest BCUT2D eigenvalue weighted by Crippen LogP contribution is -1.62. The summed E-state index contributed by atoms with van der Waals surface area (Å²) >= 11 is 0. The Morgan fingerprint density at radius 2 is 1.47 bits per heavy atom. The lowest BCUT2D eigenvalue weighted by atomic mass is 10.2. The summed E-state index contributed by atoms with van der Waals surface area (Å²) in [6, 6.07) is 12.0. The van der Waals surface area contributed by atoms with Crippen LogP contribution in [-0.4, -0.2) is 23.9 Å². The van der Waals surface area contributed by atoms with Crippen LogP contribution < -0.4 is 0 Å². The summed E-state index contributed by atoms with van der Waals surface area (Å²) in [5.74, 6) is 0. The van der Waals surface area contributed by atoms with Gasteiger partial charge in [0, 0.05) is 20.6 Å². The van der Waals surface area contributed by atoms with Gasteiger partial charge in [0.15, 0.2) is 0 Å². The maximum atomic E-state index is 7.57. The number of rotatable bonds is 0. The largest absolute Gasteiger partial charge is 0.400 e. The zero-order chi connectivity index (χ0) is 12.5. The van der Waals surface area contributed by atoms with Crippen LogP contribution in [0.15, 0.2) is 30.3 Å². The Hall–Kier alpha value is -1.37. The van der Waals surface area contributed by atoms with E-state index in [4.69, 9.17) is 15.5 Å². The third-order valence-corrected chi connectivity index (χ3v) is 0.940. The fraction of sp³-hybridized carbons (Fsp3) is 0.417. The predicted molar refractivity (Wildman–Crippen MR) is 63.4 cm³/mol. The molecule has 0 amide bonds. The summed E-state index contributed by atoms with van der Waals surface area (Å²) in [5.41, 5.74) is 1.32. The molecule has 0 unspecified atom stereocenters. The zero-order valence-electron chi connectivity index (χ0n) is 9.94. The van der Waals surface area contributed by atoms with Crippen LogP contribution in [0.3, 0.4) is 0 Å². The van der Waals surface area contributed by atoms with Gasteiger partial charge in [0.25, 0.3) is 0 Å². The van der Waals surface area contributed by atoms with E-state index >= 15 is 0 Å². The molecule has 0 aliphatic carbocycles. The monoisotopic (exact) mass is 211 g/mol. The van der Waals surface area contributed by atoms with Crippen molar-refractivity contribution in [2.45, 2.75) is 20.8 Å².